The summed E-state index contributed by atoms with van der Waals surface area (Å²) in [6.07, 6.45) is 2.15. The van der Waals surface area contributed by atoms with Gasteiger partial charge in [0.2, 0.25) is 5.91 Å². The fourth-order valence-corrected chi connectivity index (χ4v) is 5.04. The molecule has 1 aliphatic heterocycles. The Morgan fingerprint density at radius 1 is 1.25 bits per heavy atom. The number of carbonyl (C=O) groups is 1. The second-order valence-corrected chi connectivity index (χ2v) is 9.72. The largest absolute Gasteiger partial charge is 0.322 e. The van der Waals surface area contributed by atoms with Gasteiger partial charge in [-0.15, -0.1) is 11.3 Å². The molecule has 0 unspecified atom stereocenters. The Morgan fingerprint density at radius 3 is 2.66 bits per heavy atom. The smallest absolute Gasteiger partial charge is 0.263 e. The van der Waals surface area contributed by atoms with Crippen LogP contribution in [0.4, 0.5) is 14.5 Å². The molecule has 0 bridgehead atoms. The lowest BCUT2D eigenvalue weighted by Gasteiger charge is -2.30. The van der Waals surface area contributed by atoms with Gasteiger partial charge in [-0.2, -0.15) is 0 Å². The van der Waals surface area contributed by atoms with Crippen molar-refractivity contribution in [3.05, 3.63) is 56.5 Å². The van der Waals surface area contributed by atoms with E-state index in [9.17, 15) is 18.4 Å². The molecule has 1 aliphatic rings. The Labute approximate surface area is 188 Å². The molecule has 0 atom stereocenters. The van der Waals surface area contributed by atoms with Gasteiger partial charge < -0.3 is 5.32 Å². The van der Waals surface area contributed by atoms with Crippen LogP contribution in [0.25, 0.3) is 10.2 Å². The molecule has 6 nitrogen and oxygen atoms in total. The number of piperidine rings is 1. The fraction of sp³-hybridized carbons (Fsp3) is 0.435. The summed E-state index contributed by atoms with van der Waals surface area (Å²) in [5.41, 5.74) is 0.458. The molecule has 1 N–H and O–H groups in total. The van der Waals surface area contributed by atoms with Crippen molar-refractivity contribution in [2.45, 2.75) is 46.7 Å². The third kappa shape index (κ3) is 4.59. The number of nitrogens with one attached hydrogen (secondary N) is 1. The first-order valence-corrected chi connectivity index (χ1v) is 11.5. The predicted octanol–water partition coefficient (Wildman–Crippen LogP) is 4.22. The van der Waals surface area contributed by atoms with Crippen molar-refractivity contribution in [3.63, 3.8) is 0 Å². The minimum atomic E-state index is -0.869. The SMILES string of the molecule is Cc1sc2nc(CN3CCC(C)CC3)n(CC(=O)Nc3ccc(F)cc3F)c(=O)c2c1C. The van der Waals surface area contributed by atoms with Crippen molar-refractivity contribution in [1.82, 2.24) is 14.5 Å². The van der Waals surface area contributed by atoms with Gasteiger partial charge >= 0.3 is 0 Å². The molecule has 4 rings (SSSR count). The van der Waals surface area contributed by atoms with E-state index in [1.165, 1.54) is 15.9 Å². The van der Waals surface area contributed by atoms with Crippen LogP contribution in [0.2, 0.25) is 0 Å². The van der Waals surface area contributed by atoms with Crippen LogP contribution in [0, 0.1) is 31.4 Å². The van der Waals surface area contributed by atoms with E-state index in [-0.39, 0.29) is 17.8 Å². The van der Waals surface area contributed by atoms with Crippen molar-refractivity contribution < 1.29 is 13.6 Å². The van der Waals surface area contributed by atoms with Gasteiger partial charge in [-0.3, -0.25) is 19.1 Å². The third-order valence-corrected chi connectivity index (χ3v) is 7.22. The minimum Gasteiger partial charge on any atom is -0.322 e. The number of rotatable bonds is 5. The molecule has 1 saturated heterocycles. The Balaban J connectivity index is 1.67. The number of halogens is 2. The van der Waals surface area contributed by atoms with E-state index < -0.39 is 17.5 Å². The number of likely N-dealkylation sites (tertiary alicyclic amines) is 1. The highest BCUT2D eigenvalue weighted by atomic mass is 32.1. The molecule has 1 aromatic carbocycles. The Morgan fingerprint density at radius 2 is 1.97 bits per heavy atom. The van der Waals surface area contributed by atoms with E-state index in [4.69, 9.17) is 4.98 Å². The molecular weight excluding hydrogens is 434 g/mol. The van der Waals surface area contributed by atoms with E-state index in [0.717, 1.165) is 48.5 Å². The molecule has 3 heterocycles. The zero-order valence-corrected chi connectivity index (χ0v) is 19.2. The summed E-state index contributed by atoms with van der Waals surface area (Å²) in [5, 5.41) is 2.96. The van der Waals surface area contributed by atoms with E-state index in [2.05, 4.69) is 17.1 Å². The molecule has 0 spiro atoms. The topological polar surface area (TPSA) is 67.2 Å². The average Bonchev–Trinajstić information content (AvgIpc) is 3.02. The maximum Gasteiger partial charge on any atom is 0.263 e. The van der Waals surface area contributed by atoms with Gasteiger partial charge in [-0.05, 0) is 63.4 Å². The number of thiophene rings is 1. The number of aryl methyl sites for hydroxylation is 2. The summed E-state index contributed by atoms with van der Waals surface area (Å²) in [6, 6.07) is 2.93. The maximum atomic E-state index is 14.0. The molecule has 32 heavy (non-hydrogen) atoms. The lowest BCUT2D eigenvalue weighted by molar-refractivity contribution is -0.116. The van der Waals surface area contributed by atoms with Crippen molar-refractivity contribution >= 4 is 33.1 Å². The first-order chi connectivity index (χ1) is 15.2. The summed E-state index contributed by atoms with van der Waals surface area (Å²) >= 11 is 1.47. The van der Waals surface area contributed by atoms with Crippen LogP contribution >= 0.6 is 11.3 Å². The number of hydrogen-bond acceptors (Lipinski definition) is 5. The Kier molecular flexibility index (Phi) is 6.39. The van der Waals surface area contributed by atoms with Crippen molar-refractivity contribution in [2.75, 3.05) is 18.4 Å². The van der Waals surface area contributed by atoms with E-state index in [1.807, 2.05) is 13.8 Å². The van der Waals surface area contributed by atoms with Crippen LogP contribution in [0.1, 0.15) is 36.0 Å². The van der Waals surface area contributed by atoms with Gasteiger partial charge in [0.05, 0.1) is 17.6 Å². The van der Waals surface area contributed by atoms with Gasteiger partial charge in [0.25, 0.3) is 5.56 Å². The zero-order valence-electron chi connectivity index (χ0n) is 18.4. The van der Waals surface area contributed by atoms with Crippen LogP contribution in [0.5, 0.6) is 0 Å². The standard InChI is InChI=1S/C23H26F2N4O2S/c1-13-6-8-28(9-7-13)11-19-27-22-21(14(2)15(3)32-22)23(31)29(19)12-20(30)26-18-5-4-16(24)10-17(18)25/h4-5,10,13H,6-9,11-12H2,1-3H3,(H,26,30). The Hall–Kier alpha value is -2.65. The number of benzene rings is 1. The van der Waals surface area contributed by atoms with Crippen LogP contribution in [-0.2, 0) is 17.9 Å². The quantitative estimate of drug-likeness (QED) is 0.619. The molecule has 170 valence electrons. The lowest BCUT2D eigenvalue weighted by Crippen LogP contribution is -2.37. The van der Waals surface area contributed by atoms with Crippen LogP contribution in [0.15, 0.2) is 23.0 Å². The number of carbonyl (C=O) groups excluding carboxylic acids is 1. The fourth-order valence-electron chi connectivity index (χ4n) is 4.00. The van der Waals surface area contributed by atoms with Crippen LogP contribution in [0.3, 0.4) is 0 Å². The van der Waals surface area contributed by atoms with Gasteiger partial charge in [-0.25, -0.2) is 13.8 Å². The van der Waals surface area contributed by atoms with E-state index in [0.29, 0.717) is 34.6 Å². The molecule has 1 fully saturated rings. The second kappa shape index (κ2) is 9.07. The van der Waals surface area contributed by atoms with Gasteiger partial charge in [0.15, 0.2) is 0 Å². The van der Waals surface area contributed by atoms with Crippen LogP contribution in [-0.4, -0.2) is 33.4 Å². The summed E-state index contributed by atoms with van der Waals surface area (Å²) in [6.45, 7) is 8.03. The van der Waals surface area contributed by atoms with Gasteiger partial charge in [0, 0.05) is 10.9 Å². The predicted molar refractivity (Wildman–Crippen MR) is 122 cm³/mol. The van der Waals surface area contributed by atoms with E-state index in [1.54, 1.807) is 0 Å². The second-order valence-electron chi connectivity index (χ2n) is 8.51. The lowest BCUT2D eigenvalue weighted by atomic mass is 9.99. The molecular formula is C23H26F2N4O2S. The van der Waals surface area contributed by atoms with Crippen molar-refractivity contribution in [1.29, 1.82) is 0 Å². The van der Waals surface area contributed by atoms with Crippen molar-refractivity contribution in [2.24, 2.45) is 5.92 Å². The highest BCUT2D eigenvalue weighted by Gasteiger charge is 2.22. The normalized spacial score (nSPS) is 15.4. The highest BCUT2D eigenvalue weighted by Crippen LogP contribution is 2.27. The summed E-state index contributed by atoms with van der Waals surface area (Å²) < 4.78 is 28.5. The first-order valence-electron chi connectivity index (χ1n) is 10.7. The number of fused-ring (bicyclic) bond motifs is 1. The maximum absolute atomic E-state index is 14.0. The number of anilines is 1. The van der Waals surface area contributed by atoms with Crippen LogP contribution < -0.4 is 10.9 Å². The number of amides is 1. The third-order valence-electron chi connectivity index (χ3n) is 6.12. The molecule has 1 amide bonds. The average molecular weight is 461 g/mol. The molecule has 0 saturated carbocycles. The zero-order chi connectivity index (χ0) is 23.0. The Bertz CT molecular complexity index is 1230. The monoisotopic (exact) mass is 460 g/mol. The summed E-state index contributed by atoms with van der Waals surface area (Å²) in [4.78, 5) is 34.8. The first kappa shape index (κ1) is 22.5. The van der Waals surface area contributed by atoms with Gasteiger partial charge in [0.1, 0.15) is 28.8 Å². The molecule has 2 aromatic heterocycles. The molecule has 3 aromatic rings. The minimum absolute atomic E-state index is 0.132. The number of hydrogen-bond donors (Lipinski definition) is 1. The number of nitrogens with zero attached hydrogens (tertiary/aromatic N) is 3. The molecule has 9 heteroatoms. The highest BCUT2D eigenvalue weighted by molar-refractivity contribution is 7.18. The van der Waals surface area contributed by atoms with Crippen molar-refractivity contribution in [3.8, 4) is 0 Å². The summed E-state index contributed by atoms with van der Waals surface area (Å²) in [7, 11) is 0. The summed E-state index contributed by atoms with van der Waals surface area (Å²) in [5.74, 6) is -0.980. The molecule has 0 radical (unpaired) electrons. The van der Waals surface area contributed by atoms with Gasteiger partial charge in [-0.1, -0.05) is 6.92 Å². The van der Waals surface area contributed by atoms with E-state index >= 15 is 0 Å². The number of aromatic nitrogens is 2. The molecule has 0 aliphatic carbocycles.